The Hall–Kier alpha value is -1.10. The second kappa shape index (κ2) is 8.37. The average molecular weight is 292 g/mol. The normalized spacial score (nSPS) is 18.6. The van der Waals surface area contributed by atoms with Gasteiger partial charge in [0.05, 0.1) is 6.10 Å². The molecule has 1 fully saturated rings. The Morgan fingerprint density at radius 3 is 2.76 bits per heavy atom. The van der Waals surface area contributed by atoms with Gasteiger partial charge in [-0.2, -0.15) is 0 Å². The number of anilines is 1. The standard InChI is InChI=1S/C17H28N2O2/c1-14(9-12-21-2)18-17-6-4-3-5-15(17)13-19-10-7-16(20)8-11-19/h3-6,14,16,18,20H,7-13H2,1-2H3. The van der Waals surface area contributed by atoms with Gasteiger partial charge in [0.15, 0.2) is 0 Å². The highest BCUT2D eigenvalue weighted by Crippen LogP contribution is 2.21. The van der Waals surface area contributed by atoms with Crippen LogP contribution in [0.2, 0.25) is 0 Å². The third-order valence-corrected chi connectivity index (χ3v) is 4.13. The molecule has 4 heteroatoms. The van der Waals surface area contributed by atoms with Crippen molar-refractivity contribution in [1.82, 2.24) is 4.90 Å². The van der Waals surface area contributed by atoms with Crippen LogP contribution in [0.25, 0.3) is 0 Å². The second-order valence-corrected chi connectivity index (χ2v) is 5.99. The highest BCUT2D eigenvalue weighted by molar-refractivity contribution is 5.51. The van der Waals surface area contributed by atoms with E-state index in [9.17, 15) is 5.11 Å². The first-order chi connectivity index (χ1) is 10.2. The lowest BCUT2D eigenvalue weighted by molar-refractivity contribution is 0.0793. The van der Waals surface area contributed by atoms with Crippen LogP contribution in [0.1, 0.15) is 31.7 Å². The van der Waals surface area contributed by atoms with E-state index in [2.05, 4.69) is 41.4 Å². The van der Waals surface area contributed by atoms with Crippen LogP contribution < -0.4 is 5.32 Å². The van der Waals surface area contributed by atoms with Crippen LogP contribution in [0.15, 0.2) is 24.3 Å². The van der Waals surface area contributed by atoms with Crippen molar-refractivity contribution in [2.45, 2.75) is 44.9 Å². The van der Waals surface area contributed by atoms with Crippen LogP contribution in [0.4, 0.5) is 5.69 Å². The number of methoxy groups -OCH3 is 1. The van der Waals surface area contributed by atoms with Crippen LogP contribution in [0, 0.1) is 0 Å². The first-order valence-corrected chi connectivity index (χ1v) is 7.93. The lowest BCUT2D eigenvalue weighted by atomic mass is 10.1. The number of nitrogens with zero attached hydrogens (tertiary/aromatic N) is 1. The zero-order valence-electron chi connectivity index (χ0n) is 13.2. The molecule has 1 unspecified atom stereocenters. The van der Waals surface area contributed by atoms with Crippen molar-refractivity contribution in [2.75, 3.05) is 32.1 Å². The number of piperidine rings is 1. The average Bonchev–Trinajstić information content (AvgIpc) is 2.49. The van der Waals surface area contributed by atoms with E-state index >= 15 is 0 Å². The van der Waals surface area contributed by atoms with E-state index in [1.165, 1.54) is 11.3 Å². The van der Waals surface area contributed by atoms with Gasteiger partial charge in [-0.1, -0.05) is 18.2 Å². The van der Waals surface area contributed by atoms with E-state index in [1.54, 1.807) is 7.11 Å². The smallest absolute Gasteiger partial charge is 0.0564 e. The van der Waals surface area contributed by atoms with Crippen LogP contribution in [-0.2, 0) is 11.3 Å². The van der Waals surface area contributed by atoms with Crippen molar-refractivity contribution in [3.63, 3.8) is 0 Å². The number of ether oxygens (including phenoxy) is 1. The number of aliphatic hydroxyl groups is 1. The van der Waals surface area contributed by atoms with Crippen LogP contribution in [0.5, 0.6) is 0 Å². The minimum Gasteiger partial charge on any atom is -0.393 e. The quantitative estimate of drug-likeness (QED) is 0.810. The minimum absolute atomic E-state index is 0.108. The number of nitrogens with one attached hydrogen (secondary N) is 1. The van der Waals surface area contributed by atoms with Gasteiger partial charge in [-0.05, 0) is 37.8 Å². The molecule has 0 radical (unpaired) electrons. The number of likely N-dealkylation sites (tertiary alicyclic amines) is 1. The molecule has 4 nitrogen and oxygen atoms in total. The van der Waals surface area contributed by atoms with E-state index in [0.717, 1.165) is 45.5 Å². The monoisotopic (exact) mass is 292 g/mol. The summed E-state index contributed by atoms with van der Waals surface area (Å²) in [4.78, 5) is 2.42. The Morgan fingerprint density at radius 2 is 2.05 bits per heavy atom. The number of hydrogen-bond donors (Lipinski definition) is 2. The SMILES string of the molecule is COCCC(C)Nc1ccccc1CN1CCC(O)CC1. The summed E-state index contributed by atoms with van der Waals surface area (Å²) in [5.74, 6) is 0. The highest BCUT2D eigenvalue weighted by Gasteiger charge is 2.18. The number of rotatable bonds is 7. The Kier molecular flexibility index (Phi) is 6.49. The van der Waals surface area contributed by atoms with Crippen molar-refractivity contribution in [3.8, 4) is 0 Å². The Balaban J connectivity index is 1.93. The topological polar surface area (TPSA) is 44.7 Å². The van der Waals surface area contributed by atoms with Gasteiger partial charge in [-0.25, -0.2) is 0 Å². The van der Waals surface area contributed by atoms with E-state index in [4.69, 9.17) is 4.74 Å². The highest BCUT2D eigenvalue weighted by atomic mass is 16.5. The van der Waals surface area contributed by atoms with Gasteiger partial charge >= 0.3 is 0 Å². The van der Waals surface area contributed by atoms with Crippen LogP contribution >= 0.6 is 0 Å². The summed E-state index contributed by atoms with van der Waals surface area (Å²) < 4.78 is 5.14. The first kappa shape index (κ1) is 16.3. The molecular weight excluding hydrogens is 264 g/mol. The number of hydrogen-bond acceptors (Lipinski definition) is 4. The van der Waals surface area contributed by atoms with Gasteiger partial charge in [-0.3, -0.25) is 4.90 Å². The van der Waals surface area contributed by atoms with E-state index < -0.39 is 0 Å². The van der Waals surface area contributed by atoms with Crippen molar-refractivity contribution >= 4 is 5.69 Å². The lowest BCUT2D eigenvalue weighted by Crippen LogP contribution is -2.35. The molecule has 0 saturated carbocycles. The maximum atomic E-state index is 9.60. The van der Waals surface area contributed by atoms with Crippen molar-refractivity contribution in [1.29, 1.82) is 0 Å². The molecule has 1 aliphatic heterocycles. The summed E-state index contributed by atoms with van der Waals surface area (Å²) in [6.07, 6.45) is 2.67. The largest absolute Gasteiger partial charge is 0.393 e. The Labute approximate surface area is 128 Å². The maximum absolute atomic E-state index is 9.60. The predicted octanol–water partition coefficient (Wildman–Crippen LogP) is 2.48. The molecule has 1 aliphatic rings. The van der Waals surface area contributed by atoms with Crippen LogP contribution in [-0.4, -0.2) is 49.0 Å². The third-order valence-electron chi connectivity index (χ3n) is 4.13. The third kappa shape index (κ3) is 5.30. The zero-order valence-corrected chi connectivity index (χ0v) is 13.2. The van der Waals surface area contributed by atoms with E-state index in [-0.39, 0.29) is 6.10 Å². The second-order valence-electron chi connectivity index (χ2n) is 5.99. The summed E-state index contributed by atoms with van der Waals surface area (Å²) in [7, 11) is 1.74. The summed E-state index contributed by atoms with van der Waals surface area (Å²) in [5.41, 5.74) is 2.55. The van der Waals surface area contributed by atoms with Gasteiger partial charge < -0.3 is 15.2 Å². The minimum atomic E-state index is -0.108. The predicted molar refractivity (Wildman–Crippen MR) is 86.5 cm³/mol. The molecule has 2 N–H and O–H groups in total. The summed E-state index contributed by atoms with van der Waals surface area (Å²) in [6, 6.07) is 8.91. The summed E-state index contributed by atoms with van der Waals surface area (Å²) >= 11 is 0. The molecular formula is C17H28N2O2. The molecule has 1 aromatic rings. The Morgan fingerprint density at radius 1 is 1.33 bits per heavy atom. The Bertz CT molecular complexity index is 417. The van der Waals surface area contributed by atoms with Gasteiger partial charge in [-0.15, -0.1) is 0 Å². The molecule has 2 rings (SSSR count). The molecule has 0 bridgehead atoms. The number of aliphatic hydroxyl groups excluding tert-OH is 1. The summed E-state index contributed by atoms with van der Waals surface area (Å²) in [6.45, 7) is 5.88. The number of para-hydroxylation sites is 1. The van der Waals surface area contributed by atoms with Gasteiger partial charge in [0.1, 0.15) is 0 Å². The fourth-order valence-electron chi connectivity index (χ4n) is 2.75. The molecule has 118 valence electrons. The van der Waals surface area contributed by atoms with Crippen molar-refractivity contribution in [2.24, 2.45) is 0 Å². The van der Waals surface area contributed by atoms with Gasteiger partial charge in [0, 0.05) is 45.1 Å². The number of benzene rings is 1. The molecule has 1 atom stereocenters. The fraction of sp³-hybridized carbons (Fsp3) is 0.647. The fourth-order valence-corrected chi connectivity index (χ4v) is 2.75. The zero-order chi connectivity index (χ0) is 15.1. The van der Waals surface area contributed by atoms with Gasteiger partial charge in [0.25, 0.3) is 0 Å². The van der Waals surface area contributed by atoms with Crippen molar-refractivity contribution in [3.05, 3.63) is 29.8 Å². The molecule has 0 spiro atoms. The van der Waals surface area contributed by atoms with E-state index in [0.29, 0.717) is 6.04 Å². The lowest BCUT2D eigenvalue weighted by Gasteiger charge is -2.30. The molecule has 0 amide bonds. The molecule has 1 aromatic carbocycles. The summed E-state index contributed by atoms with van der Waals surface area (Å²) in [5, 5.41) is 13.2. The van der Waals surface area contributed by atoms with E-state index in [1.807, 2.05) is 0 Å². The van der Waals surface area contributed by atoms with Crippen molar-refractivity contribution < 1.29 is 9.84 Å². The van der Waals surface area contributed by atoms with Gasteiger partial charge in [0.2, 0.25) is 0 Å². The molecule has 0 aromatic heterocycles. The molecule has 0 aliphatic carbocycles. The first-order valence-electron chi connectivity index (χ1n) is 7.93. The van der Waals surface area contributed by atoms with Crippen LogP contribution in [0.3, 0.4) is 0 Å². The maximum Gasteiger partial charge on any atom is 0.0564 e. The molecule has 1 saturated heterocycles. The molecule has 1 heterocycles. The molecule has 21 heavy (non-hydrogen) atoms.